The van der Waals surface area contributed by atoms with Crippen LogP contribution in [0.15, 0.2) is 44.3 Å². The Balaban J connectivity index is 2.15. The molecule has 2 N–H and O–H groups in total. The molecule has 3 rings (SSSR count). The van der Waals surface area contributed by atoms with Crippen molar-refractivity contribution in [3.63, 3.8) is 0 Å². The third-order valence-electron chi connectivity index (χ3n) is 3.14. The zero-order chi connectivity index (χ0) is 15.0. The summed E-state index contributed by atoms with van der Waals surface area (Å²) in [6.45, 7) is 1.94. The summed E-state index contributed by atoms with van der Waals surface area (Å²) in [7, 11) is 0. The Labute approximate surface area is 133 Å². The van der Waals surface area contributed by atoms with Crippen LogP contribution in [0.1, 0.15) is 5.56 Å². The highest BCUT2D eigenvalue weighted by atomic mass is 79.9. The van der Waals surface area contributed by atoms with E-state index in [4.69, 9.17) is 0 Å². The number of nitrogens with one attached hydrogen (secondary N) is 1. The van der Waals surface area contributed by atoms with Crippen LogP contribution in [0.25, 0.3) is 22.5 Å². The van der Waals surface area contributed by atoms with Gasteiger partial charge >= 0.3 is 0 Å². The van der Waals surface area contributed by atoms with Gasteiger partial charge in [-0.25, -0.2) is 0 Å². The van der Waals surface area contributed by atoms with Gasteiger partial charge in [0.2, 0.25) is 5.88 Å². The lowest BCUT2D eigenvalue weighted by Gasteiger charge is -2.06. The molecule has 106 valence electrons. The Morgan fingerprint density at radius 3 is 2.52 bits per heavy atom. The van der Waals surface area contributed by atoms with E-state index in [9.17, 15) is 9.90 Å². The van der Waals surface area contributed by atoms with Gasteiger partial charge in [0.15, 0.2) is 0 Å². The molecule has 0 fully saturated rings. The molecule has 0 radical (unpaired) electrons. The van der Waals surface area contributed by atoms with Crippen molar-refractivity contribution in [1.82, 2.24) is 9.97 Å². The highest BCUT2D eigenvalue weighted by Gasteiger charge is 2.15. The molecule has 21 heavy (non-hydrogen) atoms. The Bertz CT molecular complexity index is 853. The van der Waals surface area contributed by atoms with E-state index in [-0.39, 0.29) is 17.0 Å². The van der Waals surface area contributed by atoms with Crippen molar-refractivity contribution in [1.29, 1.82) is 0 Å². The van der Waals surface area contributed by atoms with Gasteiger partial charge in [-0.15, -0.1) is 0 Å². The highest BCUT2D eigenvalue weighted by molar-refractivity contribution is 9.10. The third kappa shape index (κ3) is 2.64. The number of hydrogen-bond donors (Lipinski definition) is 2. The van der Waals surface area contributed by atoms with Crippen molar-refractivity contribution in [2.24, 2.45) is 0 Å². The second kappa shape index (κ2) is 5.46. The Morgan fingerprint density at radius 1 is 1.24 bits per heavy atom. The maximum Gasteiger partial charge on any atom is 0.262 e. The van der Waals surface area contributed by atoms with Crippen LogP contribution in [0.5, 0.6) is 5.88 Å². The van der Waals surface area contributed by atoms with Crippen LogP contribution in [0.2, 0.25) is 0 Å². The fourth-order valence-electron chi connectivity index (χ4n) is 2.07. The maximum absolute atomic E-state index is 12.3. The van der Waals surface area contributed by atoms with E-state index in [1.54, 1.807) is 12.1 Å². The van der Waals surface area contributed by atoms with Crippen LogP contribution in [0, 0.1) is 6.92 Å². The first-order valence-electron chi connectivity index (χ1n) is 6.18. The topological polar surface area (TPSA) is 66.0 Å². The number of thiophene rings is 1. The highest BCUT2D eigenvalue weighted by Crippen LogP contribution is 2.29. The largest absolute Gasteiger partial charge is 0.493 e. The molecule has 0 aliphatic carbocycles. The van der Waals surface area contributed by atoms with Crippen molar-refractivity contribution in [3.05, 3.63) is 55.4 Å². The number of aromatic amines is 1. The van der Waals surface area contributed by atoms with Gasteiger partial charge in [0.05, 0.1) is 0 Å². The van der Waals surface area contributed by atoms with Gasteiger partial charge < -0.3 is 10.1 Å². The fourth-order valence-corrected chi connectivity index (χ4v) is 3.17. The van der Waals surface area contributed by atoms with Crippen molar-refractivity contribution in [2.45, 2.75) is 6.92 Å². The number of H-pyrrole nitrogens is 1. The molecule has 0 aliphatic rings. The molecular weight excluding hydrogens is 352 g/mol. The Morgan fingerprint density at radius 2 is 1.95 bits per heavy atom. The summed E-state index contributed by atoms with van der Waals surface area (Å²) in [5.74, 6) is 0.124. The molecule has 3 aromatic rings. The van der Waals surface area contributed by atoms with Crippen molar-refractivity contribution >= 4 is 27.3 Å². The van der Waals surface area contributed by atoms with Crippen LogP contribution in [-0.2, 0) is 0 Å². The molecular formula is C15H11BrN2O2S. The summed E-state index contributed by atoms with van der Waals surface area (Å²) in [4.78, 5) is 19.2. The average molecular weight is 363 g/mol. The van der Waals surface area contributed by atoms with Crippen LogP contribution in [-0.4, -0.2) is 15.1 Å². The van der Waals surface area contributed by atoms with E-state index in [1.165, 1.54) is 11.3 Å². The fraction of sp³-hybridized carbons (Fsp3) is 0.0667. The number of hydrogen-bond acceptors (Lipinski definition) is 4. The molecule has 1 aromatic carbocycles. The first-order valence-corrected chi connectivity index (χ1v) is 7.92. The first-order chi connectivity index (χ1) is 10.1. The number of nitrogens with zero attached hydrogens (tertiary/aromatic N) is 1. The van der Waals surface area contributed by atoms with E-state index in [0.29, 0.717) is 11.4 Å². The standard InChI is InChI=1S/C15H11BrN2O2S/c1-8-6-21-7-11(8)13-17-14(19)12(15(20)18-13)9-2-4-10(16)5-3-9/h2-7H,1H3,(H2,17,18,19,20). The summed E-state index contributed by atoms with van der Waals surface area (Å²) in [5, 5.41) is 14.0. The number of halogens is 1. The van der Waals surface area contributed by atoms with Crippen LogP contribution < -0.4 is 5.56 Å². The predicted molar refractivity (Wildman–Crippen MR) is 87.7 cm³/mol. The summed E-state index contributed by atoms with van der Waals surface area (Å²) < 4.78 is 0.903. The van der Waals surface area contributed by atoms with Crippen LogP contribution >= 0.6 is 27.3 Å². The minimum absolute atomic E-state index is 0.180. The molecule has 4 nitrogen and oxygen atoms in total. The molecule has 0 amide bonds. The van der Waals surface area contributed by atoms with Gasteiger partial charge in [-0.1, -0.05) is 28.1 Å². The molecule has 0 aliphatic heterocycles. The minimum atomic E-state index is -0.356. The molecule has 0 unspecified atom stereocenters. The molecule has 0 saturated heterocycles. The molecule has 2 heterocycles. The summed E-state index contributed by atoms with van der Waals surface area (Å²) >= 11 is 4.86. The Kier molecular flexibility index (Phi) is 3.65. The molecule has 6 heteroatoms. The molecule has 0 atom stereocenters. The van der Waals surface area contributed by atoms with E-state index in [2.05, 4.69) is 25.9 Å². The number of aromatic hydroxyl groups is 1. The van der Waals surface area contributed by atoms with Crippen LogP contribution in [0.3, 0.4) is 0 Å². The lowest BCUT2D eigenvalue weighted by atomic mass is 10.1. The molecule has 2 aromatic heterocycles. The molecule has 0 spiro atoms. The number of benzene rings is 1. The molecule has 0 saturated carbocycles. The SMILES string of the molecule is Cc1cscc1-c1nc(O)c(-c2ccc(Br)cc2)c(=O)[nH]1. The van der Waals surface area contributed by atoms with E-state index >= 15 is 0 Å². The van der Waals surface area contributed by atoms with E-state index in [1.807, 2.05) is 29.8 Å². The van der Waals surface area contributed by atoms with E-state index < -0.39 is 0 Å². The van der Waals surface area contributed by atoms with Gasteiger partial charge in [0, 0.05) is 15.4 Å². The van der Waals surface area contributed by atoms with Gasteiger partial charge in [-0.05, 0) is 35.6 Å². The monoisotopic (exact) mass is 362 g/mol. The predicted octanol–water partition coefficient (Wildman–Crippen LogP) is 3.94. The minimum Gasteiger partial charge on any atom is -0.493 e. The third-order valence-corrected chi connectivity index (χ3v) is 4.53. The smallest absolute Gasteiger partial charge is 0.262 e. The summed E-state index contributed by atoms with van der Waals surface area (Å²) in [6, 6.07) is 7.13. The van der Waals surface area contributed by atoms with E-state index in [0.717, 1.165) is 15.6 Å². The number of aromatic nitrogens is 2. The summed E-state index contributed by atoms with van der Waals surface area (Å²) in [5.41, 5.74) is 2.29. The van der Waals surface area contributed by atoms with Gasteiger partial charge in [-0.2, -0.15) is 16.3 Å². The lowest BCUT2D eigenvalue weighted by Crippen LogP contribution is -2.12. The second-order valence-corrected chi connectivity index (χ2v) is 6.25. The Hall–Kier alpha value is -1.92. The van der Waals surface area contributed by atoms with Crippen LogP contribution in [0.4, 0.5) is 0 Å². The second-order valence-electron chi connectivity index (χ2n) is 4.59. The maximum atomic E-state index is 12.3. The average Bonchev–Trinajstić information content (AvgIpc) is 2.86. The number of aryl methyl sites for hydroxylation is 1. The van der Waals surface area contributed by atoms with Crippen molar-refractivity contribution < 1.29 is 5.11 Å². The van der Waals surface area contributed by atoms with Crippen molar-refractivity contribution in [3.8, 4) is 28.4 Å². The lowest BCUT2D eigenvalue weighted by molar-refractivity contribution is 0.454. The number of rotatable bonds is 2. The zero-order valence-electron chi connectivity index (χ0n) is 11.1. The van der Waals surface area contributed by atoms with Gasteiger partial charge in [-0.3, -0.25) is 4.79 Å². The summed E-state index contributed by atoms with van der Waals surface area (Å²) in [6.07, 6.45) is 0. The normalized spacial score (nSPS) is 10.8. The molecule has 0 bridgehead atoms. The zero-order valence-corrected chi connectivity index (χ0v) is 13.5. The van der Waals surface area contributed by atoms with Gasteiger partial charge in [0.25, 0.3) is 5.56 Å². The quantitative estimate of drug-likeness (QED) is 0.725. The van der Waals surface area contributed by atoms with Crippen molar-refractivity contribution in [2.75, 3.05) is 0 Å². The first kappa shape index (κ1) is 14.0. The van der Waals surface area contributed by atoms with Gasteiger partial charge in [0.1, 0.15) is 11.4 Å².